The first-order valence-corrected chi connectivity index (χ1v) is 9.86. The molecule has 1 heterocycles. The Labute approximate surface area is 177 Å². The zero-order valence-electron chi connectivity index (χ0n) is 14.8. The molecule has 8 nitrogen and oxygen atoms in total. The average Bonchev–Trinajstić information content (AvgIpc) is 2.82. The van der Waals surface area contributed by atoms with E-state index in [1.807, 2.05) is 0 Å². The van der Waals surface area contributed by atoms with E-state index in [0.29, 0.717) is 4.47 Å². The number of carbonyl (C=O) groups excluding carboxylic acids is 2. The lowest BCUT2D eigenvalue weighted by Gasteiger charge is -2.36. The molecule has 0 spiro atoms. The van der Waals surface area contributed by atoms with Crippen LogP contribution in [0.4, 0.5) is 0 Å². The lowest BCUT2D eigenvalue weighted by atomic mass is 9.81. The lowest BCUT2D eigenvalue weighted by molar-refractivity contribution is -0.179. The second-order valence-corrected chi connectivity index (χ2v) is 8.58. The van der Waals surface area contributed by atoms with Crippen LogP contribution in [0.1, 0.15) is 17.3 Å². The summed E-state index contributed by atoms with van der Waals surface area (Å²) >= 11 is 6.55. The summed E-state index contributed by atoms with van der Waals surface area (Å²) in [5, 5.41) is 32.0. The molecule has 0 saturated heterocycles. The summed E-state index contributed by atoms with van der Waals surface area (Å²) in [4.78, 5) is 24.7. The van der Waals surface area contributed by atoms with E-state index in [-0.39, 0.29) is 11.1 Å². The molecule has 28 heavy (non-hydrogen) atoms. The van der Waals surface area contributed by atoms with Gasteiger partial charge in [-0.15, -0.1) is 0 Å². The normalized spacial score (nSPS) is 34.1. The van der Waals surface area contributed by atoms with Crippen molar-refractivity contribution in [1.29, 1.82) is 0 Å². The molecular weight excluding hydrogens is 504 g/mol. The van der Waals surface area contributed by atoms with Crippen LogP contribution in [0.3, 0.4) is 0 Å². The van der Waals surface area contributed by atoms with Crippen molar-refractivity contribution in [3.63, 3.8) is 0 Å². The van der Waals surface area contributed by atoms with Gasteiger partial charge in [-0.2, -0.15) is 0 Å². The Morgan fingerprint density at radius 3 is 2.50 bits per heavy atom. The van der Waals surface area contributed by atoms with Crippen molar-refractivity contribution < 1.29 is 39.1 Å². The highest BCUT2D eigenvalue weighted by Crippen LogP contribution is 2.50. The first-order valence-electron chi connectivity index (χ1n) is 8.28. The topological polar surface area (TPSA) is 123 Å². The number of aliphatic hydroxyl groups is 3. The minimum atomic E-state index is -1.88. The van der Waals surface area contributed by atoms with Crippen LogP contribution in [-0.4, -0.2) is 58.5 Å². The summed E-state index contributed by atoms with van der Waals surface area (Å²) in [5.41, 5.74) is -1.76. The second-order valence-electron chi connectivity index (χ2n) is 6.81. The maximum Gasteiger partial charge on any atom is 0.339 e. The van der Waals surface area contributed by atoms with Crippen LogP contribution < -0.4 is 0 Å². The zero-order chi connectivity index (χ0) is 20.8. The number of halogens is 2. The molecule has 152 valence electrons. The van der Waals surface area contributed by atoms with Gasteiger partial charge in [0.05, 0.1) is 30.4 Å². The van der Waals surface area contributed by atoms with E-state index in [1.165, 1.54) is 13.0 Å². The second kappa shape index (κ2) is 7.75. The first kappa shape index (κ1) is 21.3. The summed E-state index contributed by atoms with van der Waals surface area (Å²) < 4.78 is 16.3. The number of ether oxygens (including phenoxy) is 3. The van der Waals surface area contributed by atoms with Gasteiger partial charge in [-0.05, 0) is 41.1 Å². The molecule has 1 aromatic rings. The maximum absolute atomic E-state index is 12.6. The number of hydrogen-bond acceptors (Lipinski definition) is 8. The highest BCUT2D eigenvalue weighted by molar-refractivity contribution is 9.11. The number of aliphatic hydroxyl groups excluding tert-OH is 2. The van der Waals surface area contributed by atoms with Gasteiger partial charge in [0.15, 0.2) is 6.10 Å². The molecular formula is C18H18Br2O8. The number of methoxy groups -OCH3 is 1. The molecule has 0 bridgehead atoms. The Kier molecular flexibility index (Phi) is 5.88. The van der Waals surface area contributed by atoms with Gasteiger partial charge in [0.1, 0.15) is 11.7 Å². The SMILES string of the molecule is COC(=O)C1=COC(O)[C@H]2[C@@H]1[C@H](O)[C@H](OC(=O)c1ccc(Br)cc1Br)[C@]2(C)O. The van der Waals surface area contributed by atoms with Gasteiger partial charge < -0.3 is 29.5 Å². The van der Waals surface area contributed by atoms with Crippen molar-refractivity contribution >= 4 is 43.8 Å². The number of esters is 2. The van der Waals surface area contributed by atoms with Crippen LogP contribution in [0.15, 0.2) is 39.0 Å². The molecule has 2 aliphatic rings. The third-order valence-corrected chi connectivity index (χ3v) is 6.27. The Balaban J connectivity index is 1.93. The van der Waals surface area contributed by atoms with E-state index < -0.39 is 47.9 Å². The number of rotatable bonds is 3. The van der Waals surface area contributed by atoms with Crippen LogP contribution in [0.25, 0.3) is 0 Å². The summed E-state index contributed by atoms with van der Waals surface area (Å²) in [5.74, 6) is -3.73. The van der Waals surface area contributed by atoms with Gasteiger partial charge >= 0.3 is 11.9 Å². The molecule has 1 saturated carbocycles. The summed E-state index contributed by atoms with van der Waals surface area (Å²) in [6, 6.07) is 4.80. The molecule has 0 radical (unpaired) electrons. The number of carbonyl (C=O) groups is 2. The predicted octanol–water partition coefficient (Wildman–Crippen LogP) is 1.50. The van der Waals surface area contributed by atoms with E-state index in [4.69, 9.17) is 9.47 Å². The summed E-state index contributed by atoms with van der Waals surface area (Å²) in [6.07, 6.45) is -3.41. The van der Waals surface area contributed by atoms with Gasteiger partial charge in [-0.1, -0.05) is 15.9 Å². The average molecular weight is 522 g/mol. The number of hydrogen-bond donors (Lipinski definition) is 3. The molecule has 1 unspecified atom stereocenters. The third kappa shape index (κ3) is 3.48. The van der Waals surface area contributed by atoms with Crippen LogP contribution >= 0.6 is 31.9 Å². The van der Waals surface area contributed by atoms with Crippen molar-refractivity contribution in [2.75, 3.05) is 7.11 Å². The molecule has 1 fully saturated rings. The minimum Gasteiger partial charge on any atom is -0.472 e. The Hall–Kier alpha value is -1.46. The molecule has 3 rings (SSSR count). The minimum absolute atomic E-state index is 0.0612. The Morgan fingerprint density at radius 2 is 1.89 bits per heavy atom. The van der Waals surface area contributed by atoms with Gasteiger partial charge in [0.2, 0.25) is 6.29 Å². The molecule has 6 atom stereocenters. The van der Waals surface area contributed by atoms with Gasteiger partial charge in [-0.25, -0.2) is 9.59 Å². The monoisotopic (exact) mass is 520 g/mol. The molecule has 0 aromatic heterocycles. The number of fused-ring (bicyclic) bond motifs is 1. The van der Waals surface area contributed by atoms with Gasteiger partial charge in [-0.3, -0.25) is 0 Å². The Bertz CT molecular complexity index is 837. The highest BCUT2D eigenvalue weighted by Gasteiger charge is 2.65. The van der Waals surface area contributed by atoms with Crippen molar-refractivity contribution in [3.8, 4) is 0 Å². The fraction of sp³-hybridized carbons (Fsp3) is 0.444. The summed E-state index contributed by atoms with van der Waals surface area (Å²) in [6.45, 7) is 1.31. The smallest absolute Gasteiger partial charge is 0.339 e. The van der Waals surface area contributed by atoms with Crippen LogP contribution in [0.2, 0.25) is 0 Å². The fourth-order valence-corrected chi connectivity index (χ4v) is 4.98. The summed E-state index contributed by atoms with van der Waals surface area (Å²) in [7, 11) is 1.16. The highest BCUT2D eigenvalue weighted by atomic mass is 79.9. The molecule has 0 amide bonds. The van der Waals surface area contributed by atoms with E-state index in [1.54, 1.807) is 12.1 Å². The standard InChI is InChI=1S/C18H18Br2O8/c1-18(25)12-11(9(15(22)26-2)6-27-17(12)24)13(21)14(18)28-16(23)8-4-3-7(19)5-10(8)20/h3-6,11-14,17,21,24-25H,1-2H3/t11-,12-,13+,14+,17?,18-/m1/s1. The first-order chi connectivity index (χ1) is 13.1. The van der Waals surface area contributed by atoms with E-state index in [0.717, 1.165) is 17.8 Å². The Morgan fingerprint density at radius 1 is 1.21 bits per heavy atom. The lowest BCUT2D eigenvalue weighted by Crippen LogP contribution is -2.49. The maximum atomic E-state index is 12.6. The number of benzene rings is 1. The van der Waals surface area contributed by atoms with Crippen LogP contribution in [0.5, 0.6) is 0 Å². The van der Waals surface area contributed by atoms with Crippen molar-refractivity contribution in [2.24, 2.45) is 11.8 Å². The molecule has 1 aliphatic heterocycles. The van der Waals surface area contributed by atoms with E-state index in [9.17, 15) is 24.9 Å². The quantitative estimate of drug-likeness (QED) is 0.511. The van der Waals surface area contributed by atoms with E-state index in [2.05, 4.69) is 36.6 Å². The van der Waals surface area contributed by atoms with Crippen molar-refractivity contribution in [2.45, 2.75) is 31.0 Å². The van der Waals surface area contributed by atoms with Crippen LogP contribution in [0, 0.1) is 11.8 Å². The molecule has 10 heteroatoms. The molecule has 1 aliphatic carbocycles. The van der Waals surface area contributed by atoms with Gasteiger partial charge in [0.25, 0.3) is 0 Å². The van der Waals surface area contributed by atoms with Crippen LogP contribution in [-0.2, 0) is 19.0 Å². The molecule has 3 N–H and O–H groups in total. The van der Waals surface area contributed by atoms with Gasteiger partial charge in [0, 0.05) is 14.9 Å². The predicted molar refractivity (Wildman–Crippen MR) is 102 cm³/mol. The third-order valence-electron chi connectivity index (χ3n) is 5.12. The molecule has 1 aromatic carbocycles. The fourth-order valence-electron chi connectivity index (χ4n) is 3.77. The van der Waals surface area contributed by atoms with Crippen molar-refractivity contribution in [3.05, 3.63) is 44.5 Å². The van der Waals surface area contributed by atoms with E-state index >= 15 is 0 Å². The largest absolute Gasteiger partial charge is 0.472 e. The zero-order valence-corrected chi connectivity index (χ0v) is 18.0. The van der Waals surface area contributed by atoms with Crippen molar-refractivity contribution in [1.82, 2.24) is 0 Å².